The number of halogens is 1. The van der Waals surface area contributed by atoms with Crippen LogP contribution in [0.2, 0.25) is 0 Å². The molecule has 2 aromatic heterocycles. The number of aromatic nitrogens is 3. The zero-order chi connectivity index (χ0) is 17.8. The van der Waals surface area contributed by atoms with Crippen LogP contribution in [0, 0.1) is 12.7 Å². The van der Waals surface area contributed by atoms with Gasteiger partial charge in [-0.1, -0.05) is 18.2 Å². The minimum Gasteiger partial charge on any atom is -0.348 e. The summed E-state index contributed by atoms with van der Waals surface area (Å²) in [6.45, 7) is 2.08. The Balaban J connectivity index is 1.73. The predicted molar refractivity (Wildman–Crippen MR) is 90.4 cm³/mol. The van der Waals surface area contributed by atoms with E-state index in [0.717, 1.165) is 11.1 Å². The lowest BCUT2D eigenvalue weighted by atomic mass is 10.2. The number of rotatable bonds is 4. The van der Waals surface area contributed by atoms with Gasteiger partial charge in [0.1, 0.15) is 17.1 Å². The smallest absolute Gasteiger partial charge is 0.264 e. The fourth-order valence-electron chi connectivity index (χ4n) is 2.17. The summed E-state index contributed by atoms with van der Waals surface area (Å²) < 4.78 is 12.9. The summed E-state index contributed by atoms with van der Waals surface area (Å²) in [4.78, 5) is 35.1. The molecular formula is C18H15FN4O2. The summed E-state index contributed by atoms with van der Waals surface area (Å²) >= 11 is 0. The van der Waals surface area contributed by atoms with Crippen molar-refractivity contribution in [3.05, 3.63) is 81.7 Å². The summed E-state index contributed by atoms with van der Waals surface area (Å²) in [5, 5.41) is 2.61. The van der Waals surface area contributed by atoms with Crippen molar-refractivity contribution in [3.63, 3.8) is 0 Å². The number of hydrogen-bond acceptors (Lipinski definition) is 4. The van der Waals surface area contributed by atoms with Crippen molar-refractivity contribution in [2.75, 3.05) is 0 Å². The quantitative estimate of drug-likeness (QED) is 0.763. The summed E-state index contributed by atoms with van der Waals surface area (Å²) in [7, 11) is 0. The maximum Gasteiger partial charge on any atom is 0.264 e. The summed E-state index contributed by atoms with van der Waals surface area (Å²) in [6, 6.07) is 9.32. The van der Waals surface area contributed by atoms with Crippen LogP contribution in [0.25, 0.3) is 11.5 Å². The Morgan fingerprint density at radius 1 is 1.12 bits per heavy atom. The molecule has 0 fully saturated rings. The monoisotopic (exact) mass is 338 g/mol. The number of amides is 1. The first-order valence-electron chi connectivity index (χ1n) is 7.58. The molecule has 0 spiro atoms. The van der Waals surface area contributed by atoms with Crippen LogP contribution in [0.15, 0.2) is 53.6 Å². The number of pyridine rings is 1. The molecule has 126 valence electrons. The molecule has 1 aromatic carbocycles. The average Bonchev–Trinajstić information content (AvgIpc) is 2.61. The zero-order valence-electron chi connectivity index (χ0n) is 13.4. The van der Waals surface area contributed by atoms with Gasteiger partial charge in [0.2, 0.25) is 0 Å². The molecule has 0 atom stereocenters. The molecule has 0 aliphatic carbocycles. The number of carbonyl (C=O) groups is 1. The summed E-state index contributed by atoms with van der Waals surface area (Å²) in [5.41, 5.74) is 1.57. The van der Waals surface area contributed by atoms with Crippen molar-refractivity contribution < 1.29 is 9.18 Å². The van der Waals surface area contributed by atoms with E-state index in [2.05, 4.69) is 20.3 Å². The first-order valence-corrected chi connectivity index (χ1v) is 7.58. The van der Waals surface area contributed by atoms with Crippen LogP contribution in [-0.2, 0) is 6.54 Å². The molecule has 0 saturated heterocycles. The van der Waals surface area contributed by atoms with Crippen LogP contribution < -0.4 is 10.9 Å². The van der Waals surface area contributed by atoms with Crippen LogP contribution in [-0.4, -0.2) is 20.9 Å². The minimum absolute atomic E-state index is 0.0991. The van der Waals surface area contributed by atoms with Crippen molar-refractivity contribution in [2.45, 2.75) is 13.5 Å². The highest BCUT2D eigenvalue weighted by Crippen LogP contribution is 2.10. The first-order chi connectivity index (χ1) is 12.0. The number of H-pyrrole nitrogens is 1. The van der Waals surface area contributed by atoms with Crippen molar-refractivity contribution in [1.29, 1.82) is 0 Å². The van der Waals surface area contributed by atoms with Gasteiger partial charge in [0, 0.05) is 18.9 Å². The van der Waals surface area contributed by atoms with E-state index < -0.39 is 11.5 Å². The lowest BCUT2D eigenvalue weighted by molar-refractivity contribution is 0.0949. The fourth-order valence-corrected chi connectivity index (χ4v) is 2.17. The van der Waals surface area contributed by atoms with E-state index in [4.69, 9.17) is 0 Å². The topological polar surface area (TPSA) is 87.7 Å². The van der Waals surface area contributed by atoms with Crippen LogP contribution in [0.3, 0.4) is 0 Å². The first kappa shape index (κ1) is 16.5. The SMILES string of the molecule is Cc1ccc(-c2ncc(C(=O)NCc3ccc(F)cc3)c(=O)[nH]2)nc1. The molecule has 6 nitrogen and oxygen atoms in total. The normalized spacial score (nSPS) is 10.5. The Labute approximate surface area is 142 Å². The number of carbonyl (C=O) groups excluding carboxylic acids is 1. The van der Waals surface area contributed by atoms with E-state index in [9.17, 15) is 14.0 Å². The Hall–Kier alpha value is -3.35. The van der Waals surface area contributed by atoms with Crippen LogP contribution in [0.5, 0.6) is 0 Å². The molecule has 7 heteroatoms. The third-order valence-electron chi connectivity index (χ3n) is 3.56. The van der Waals surface area contributed by atoms with Crippen LogP contribution in [0.4, 0.5) is 4.39 Å². The highest BCUT2D eigenvalue weighted by Gasteiger charge is 2.12. The van der Waals surface area contributed by atoms with Crippen LogP contribution >= 0.6 is 0 Å². The molecule has 3 rings (SSSR count). The van der Waals surface area contributed by atoms with Crippen molar-refractivity contribution in [1.82, 2.24) is 20.3 Å². The van der Waals surface area contributed by atoms with E-state index in [1.165, 1.54) is 18.3 Å². The predicted octanol–water partition coefficient (Wildman–Crippen LogP) is 2.21. The Kier molecular flexibility index (Phi) is 4.65. The molecule has 2 heterocycles. The Bertz CT molecular complexity index is 950. The number of aryl methyl sites for hydroxylation is 1. The lowest BCUT2D eigenvalue weighted by Crippen LogP contribution is -2.29. The zero-order valence-corrected chi connectivity index (χ0v) is 13.4. The maximum atomic E-state index is 12.9. The van der Waals surface area contributed by atoms with Gasteiger partial charge in [0.15, 0.2) is 5.82 Å². The largest absolute Gasteiger partial charge is 0.348 e. The second-order valence-electron chi connectivity index (χ2n) is 5.50. The highest BCUT2D eigenvalue weighted by atomic mass is 19.1. The number of aromatic amines is 1. The third-order valence-corrected chi connectivity index (χ3v) is 3.56. The molecule has 2 N–H and O–H groups in total. The van der Waals surface area contributed by atoms with E-state index in [1.54, 1.807) is 24.4 Å². The van der Waals surface area contributed by atoms with Crippen molar-refractivity contribution in [3.8, 4) is 11.5 Å². The van der Waals surface area contributed by atoms with Gasteiger partial charge in [-0.2, -0.15) is 0 Å². The molecule has 1 amide bonds. The molecule has 0 unspecified atom stereocenters. The summed E-state index contributed by atoms with van der Waals surface area (Å²) in [6.07, 6.45) is 2.88. The second kappa shape index (κ2) is 7.04. The minimum atomic E-state index is -0.554. The maximum absolute atomic E-state index is 12.9. The second-order valence-corrected chi connectivity index (χ2v) is 5.50. The van der Waals surface area contributed by atoms with Gasteiger partial charge in [-0.3, -0.25) is 14.6 Å². The van der Waals surface area contributed by atoms with Crippen LogP contribution in [0.1, 0.15) is 21.5 Å². The van der Waals surface area contributed by atoms with Gasteiger partial charge in [0.25, 0.3) is 11.5 Å². The Morgan fingerprint density at radius 2 is 1.88 bits per heavy atom. The number of nitrogens with zero attached hydrogens (tertiary/aromatic N) is 2. The fraction of sp³-hybridized carbons (Fsp3) is 0.111. The molecule has 0 aliphatic rings. The number of hydrogen-bond donors (Lipinski definition) is 2. The van der Waals surface area contributed by atoms with Crippen molar-refractivity contribution in [2.24, 2.45) is 0 Å². The highest BCUT2D eigenvalue weighted by molar-refractivity contribution is 5.93. The molecule has 0 saturated carbocycles. The lowest BCUT2D eigenvalue weighted by Gasteiger charge is -2.06. The molecule has 0 bridgehead atoms. The van der Waals surface area contributed by atoms with E-state index >= 15 is 0 Å². The van der Waals surface area contributed by atoms with Gasteiger partial charge in [-0.15, -0.1) is 0 Å². The van der Waals surface area contributed by atoms with E-state index in [-0.39, 0.29) is 17.9 Å². The van der Waals surface area contributed by atoms with E-state index in [1.807, 2.05) is 13.0 Å². The standard InChI is InChI=1S/C18H15FN4O2/c1-11-2-7-15(20-8-11)16-21-10-14(18(25)23-16)17(24)22-9-12-3-5-13(19)6-4-12/h2-8,10H,9H2,1H3,(H,22,24)(H,21,23,25). The molecular weight excluding hydrogens is 323 g/mol. The molecule has 0 aliphatic heterocycles. The third kappa shape index (κ3) is 3.95. The van der Waals surface area contributed by atoms with Gasteiger partial charge in [-0.25, -0.2) is 9.37 Å². The Morgan fingerprint density at radius 3 is 2.52 bits per heavy atom. The van der Waals surface area contributed by atoms with Crippen molar-refractivity contribution >= 4 is 5.91 Å². The summed E-state index contributed by atoms with van der Waals surface area (Å²) in [5.74, 6) is -0.613. The van der Waals surface area contributed by atoms with E-state index in [0.29, 0.717) is 11.5 Å². The van der Waals surface area contributed by atoms with Gasteiger partial charge in [0.05, 0.1) is 0 Å². The number of benzene rings is 1. The molecule has 0 radical (unpaired) electrons. The van der Waals surface area contributed by atoms with Gasteiger partial charge >= 0.3 is 0 Å². The molecule has 25 heavy (non-hydrogen) atoms. The van der Waals surface area contributed by atoms with Gasteiger partial charge < -0.3 is 10.3 Å². The molecule has 3 aromatic rings. The average molecular weight is 338 g/mol. The number of nitrogens with one attached hydrogen (secondary N) is 2. The van der Waals surface area contributed by atoms with Gasteiger partial charge in [-0.05, 0) is 36.2 Å².